The van der Waals surface area contributed by atoms with Crippen molar-refractivity contribution in [2.75, 3.05) is 5.32 Å². The normalized spacial score (nSPS) is 11.1. The average molecular weight is 214 g/mol. The van der Waals surface area contributed by atoms with Gasteiger partial charge in [-0.3, -0.25) is 0 Å². The third-order valence-corrected chi connectivity index (χ3v) is 1.47. The summed E-state index contributed by atoms with van der Waals surface area (Å²) >= 11 is 0. The Hall–Kier alpha value is -2.55. The minimum absolute atomic E-state index is 0.256. The van der Waals surface area contributed by atoms with Crippen LogP contribution in [0.15, 0.2) is 35.2 Å². The first-order chi connectivity index (χ1) is 7.80. The van der Waals surface area contributed by atoms with Gasteiger partial charge < -0.3 is 5.32 Å². The quantitative estimate of drug-likeness (QED) is 0.594. The Balaban J connectivity index is 2.82. The van der Waals surface area contributed by atoms with Gasteiger partial charge in [0.2, 0.25) is 5.96 Å². The lowest BCUT2D eigenvalue weighted by atomic mass is 10.5. The highest BCUT2D eigenvalue weighted by Crippen LogP contribution is 2.00. The van der Waals surface area contributed by atoms with Crippen LogP contribution in [0.3, 0.4) is 0 Å². The van der Waals surface area contributed by atoms with Crippen LogP contribution in [0, 0.1) is 11.3 Å². The van der Waals surface area contributed by atoms with Gasteiger partial charge >= 0.3 is 0 Å². The van der Waals surface area contributed by atoms with Crippen molar-refractivity contribution in [1.29, 1.82) is 5.26 Å². The fourth-order valence-electron chi connectivity index (χ4n) is 0.872. The molecular weight excluding hydrogens is 204 g/mol. The van der Waals surface area contributed by atoms with E-state index < -0.39 is 0 Å². The summed E-state index contributed by atoms with van der Waals surface area (Å²) < 4.78 is 0. The molecule has 0 radical (unpaired) electrons. The molecule has 1 heterocycles. The third-order valence-electron chi connectivity index (χ3n) is 1.47. The Bertz CT molecular complexity index is 451. The van der Waals surface area contributed by atoms with Crippen LogP contribution in [0.1, 0.15) is 12.6 Å². The lowest BCUT2D eigenvalue weighted by Gasteiger charge is -2.02. The van der Waals surface area contributed by atoms with Gasteiger partial charge in [0.15, 0.2) is 11.5 Å². The smallest absolute Gasteiger partial charge is 0.227 e. The summed E-state index contributed by atoms with van der Waals surface area (Å²) in [6.07, 6.45) is 5.75. The molecule has 0 saturated carbocycles. The monoisotopic (exact) mass is 214 g/mol. The average Bonchev–Trinajstić information content (AvgIpc) is 2.31. The number of aliphatic imine (C=N–C) groups is 2. The van der Waals surface area contributed by atoms with Crippen LogP contribution in [0.5, 0.6) is 0 Å². The van der Waals surface area contributed by atoms with Crippen molar-refractivity contribution in [2.24, 2.45) is 9.98 Å². The van der Waals surface area contributed by atoms with Crippen molar-refractivity contribution in [2.45, 2.75) is 6.92 Å². The van der Waals surface area contributed by atoms with Crippen molar-refractivity contribution in [3.05, 3.63) is 30.9 Å². The van der Waals surface area contributed by atoms with Crippen LogP contribution >= 0.6 is 0 Å². The minimum Gasteiger partial charge on any atom is -0.307 e. The molecule has 0 aliphatic heterocycles. The number of hydrogen-bond acceptors (Lipinski definition) is 4. The summed E-state index contributed by atoms with van der Waals surface area (Å²) in [6, 6.07) is 1.88. The second kappa shape index (κ2) is 6.03. The molecule has 1 N–H and O–H groups in total. The number of hydrogen-bond donors (Lipinski definition) is 1. The maximum absolute atomic E-state index is 8.55. The van der Waals surface area contributed by atoms with Crippen LogP contribution in [0.2, 0.25) is 0 Å². The number of rotatable bonds is 2. The first-order valence-corrected chi connectivity index (χ1v) is 4.46. The highest BCUT2D eigenvalue weighted by atomic mass is 15.2. The largest absolute Gasteiger partial charge is 0.307 e. The zero-order valence-electron chi connectivity index (χ0n) is 8.75. The van der Waals surface area contributed by atoms with E-state index in [1.807, 2.05) is 6.07 Å². The maximum atomic E-state index is 8.55. The first kappa shape index (κ1) is 11.5. The van der Waals surface area contributed by atoms with Gasteiger partial charge in [-0.2, -0.15) is 5.26 Å². The molecule has 1 aromatic rings. The molecular formula is C10H10N6. The third kappa shape index (κ3) is 3.31. The highest BCUT2D eigenvalue weighted by molar-refractivity contribution is 5.97. The second-order valence-electron chi connectivity index (χ2n) is 2.55. The summed E-state index contributed by atoms with van der Waals surface area (Å²) in [5, 5.41) is 11.4. The summed E-state index contributed by atoms with van der Waals surface area (Å²) in [4.78, 5) is 15.7. The van der Waals surface area contributed by atoms with Gasteiger partial charge in [0.05, 0.1) is 12.4 Å². The lowest BCUT2D eigenvalue weighted by Crippen LogP contribution is -2.10. The zero-order chi connectivity index (χ0) is 11.8. The van der Waals surface area contributed by atoms with Gasteiger partial charge in [0.25, 0.3) is 0 Å². The fourth-order valence-corrected chi connectivity index (χ4v) is 0.872. The van der Waals surface area contributed by atoms with Crippen molar-refractivity contribution < 1.29 is 0 Å². The molecule has 0 aliphatic carbocycles. The molecule has 6 nitrogen and oxygen atoms in total. The van der Waals surface area contributed by atoms with E-state index in [1.165, 1.54) is 18.6 Å². The minimum atomic E-state index is 0.256. The first-order valence-electron chi connectivity index (χ1n) is 4.46. The SMILES string of the molecule is C=CN=C(N=CC)Nc1cnc(C#N)cn1. The molecule has 6 heteroatoms. The van der Waals surface area contributed by atoms with Crippen molar-refractivity contribution >= 4 is 18.0 Å². The maximum Gasteiger partial charge on any atom is 0.227 e. The molecule has 0 aliphatic rings. The number of nitriles is 1. The molecule has 0 unspecified atom stereocenters. The molecule has 80 valence electrons. The standard InChI is InChI=1S/C10H10N6/c1-3-12-10(13-4-2)16-9-7-14-8(5-11)6-15-9/h3-4,6-7H,1H2,2H3,(H,12,15,16). The van der Waals surface area contributed by atoms with E-state index in [2.05, 4.69) is 31.8 Å². The van der Waals surface area contributed by atoms with Gasteiger partial charge in [0, 0.05) is 12.4 Å². The predicted octanol–water partition coefficient (Wildman–Crippen LogP) is 1.35. The van der Waals surface area contributed by atoms with E-state index in [0.717, 1.165) is 0 Å². The second-order valence-corrected chi connectivity index (χ2v) is 2.55. The van der Waals surface area contributed by atoms with Gasteiger partial charge in [-0.05, 0) is 6.92 Å². The predicted molar refractivity (Wildman–Crippen MR) is 62.2 cm³/mol. The zero-order valence-corrected chi connectivity index (χ0v) is 8.75. The van der Waals surface area contributed by atoms with E-state index in [4.69, 9.17) is 5.26 Å². The fraction of sp³-hybridized carbons (Fsp3) is 0.100. The number of nitrogens with zero attached hydrogens (tertiary/aromatic N) is 5. The number of anilines is 1. The molecule has 16 heavy (non-hydrogen) atoms. The van der Waals surface area contributed by atoms with E-state index in [0.29, 0.717) is 11.8 Å². The van der Waals surface area contributed by atoms with E-state index in [9.17, 15) is 0 Å². The lowest BCUT2D eigenvalue weighted by molar-refractivity contribution is 1.16. The molecule has 0 atom stereocenters. The summed E-state index contributed by atoms with van der Waals surface area (Å²) in [6.45, 7) is 5.24. The molecule has 0 fully saturated rings. The Kier molecular flexibility index (Phi) is 4.34. The van der Waals surface area contributed by atoms with E-state index in [1.54, 1.807) is 13.1 Å². The van der Waals surface area contributed by atoms with Gasteiger partial charge in [-0.25, -0.2) is 20.0 Å². The Labute approximate surface area is 93.1 Å². The van der Waals surface area contributed by atoms with Crippen LogP contribution in [-0.2, 0) is 0 Å². The molecule has 0 saturated heterocycles. The number of nitrogens with one attached hydrogen (secondary N) is 1. The van der Waals surface area contributed by atoms with Crippen molar-refractivity contribution in [1.82, 2.24) is 9.97 Å². The number of aromatic nitrogens is 2. The van der Waals surface area contributed by atoms with Gasteiger partial charge in [-0.1, -0.05) is 6.58 Å². The highest BCUT2D eigenvalue weighted by Gasteiger charge is 1.99. The number of guanidine groups is 1. The molecule has 0 aromatic carbocycles. The van der Waals surface area contributed by atoms with Crippen LogP contribution in [0.25, 0.3) is 0 Å². The topological polar surface area (TPSA) is 86.3 Å². The van der Waals surface area contributed by atoms with Crippen LogP contribution in [0.4, 0.5) is 5.82 Å². The van der Waals surface area contributed by atoms with Crippen LogP contribution in [-0.4, -0.2) is 22.1 Å². The van der Waals surface area contributed by atoms with Crippen LogP contribution < -0.4 is 5.32 Å². The van der Waals surface area contributed by atoms with Crippen molar-refractivity contribution in [3.8, 4) is 6.07 Å². The van der Waals surface area contributed by atoms with Crippen molar-refractivity contribution in [3.63, 3.8) is 0 Å². The summed E-state index contributed by atoms with van der Waals surface area (Å²) in [7, 11) is 0. The summed E-state index contributed by atoms with van der Waals surface area (Å²) in [5.74, 6) is 0.821. The van der Waals surface area contributed by atoms with Gasteiger partial charge in [-0.15, -0.1) is 0 Å². The Morgan fingerprint density at radius 1 is 1.56 bits per heavy atom. The van der Waals surface area contributed by atoms with E-state index >= 15 is 0 Å². The summed E-state index contributed by atoms with van der Waals surface area (Å²) in [5.41, 5.74) is 0.256. The molecule has 0 spiro atoms. The van der Waals surface area contributed by atoms with Gasteiger partial charge in [0.1, 0.15) is 6.07 Å². The molecule has 0 bridgehead atoms. The Morgan fingerprint density at radius 3 is 2.88 bits per heavy atom. The van der Waals surface area contributed by atoms with E-state index in [-0.39, 0.29) is 5.69 Å². The molecule has 0 amide bonds. The Morgan fingerprint density at radius 2 is 2.38 bits per heavy atom. The molecule has 1 rings (SSSR count). The molecule has 1 aromatic heterocycles.